The second-order valence-corrected chi connectivity index (χ2v) is 0.856. The fourth-order valence-electron chi connectivity index (χ4n) is 0. The third-order valence-corrected chi connectivity index (χ3v) is 0. The van der Waals surface area contributed by atoms with Gasteiger partial charge in [-0.15, -0.1) is 0 Å². The van der Waals surface area contributed by atoms with Crippen molar-refractivity contribution in [3.63, 3.8) is 0 Å². The lowest BCUT2D eigenvalue weighted by Gasteiger charge is -1.63. The van der Waals surface area contributed by atoms with E-state index in [0.29, 0.717) is 0 Å². The highest BCUT2D eigenvalue weighted by molar-refractivity contribution is 5.13. The predicted octanol–water partition coefficient (Wildman–Crippen LogP) is 0.121. The number of hydrogen-bond acceptors (Lipinski definition) is 0. The van der Waals surface area contributed by atoms with Crippen LogP contribution in [-0.2, 0) is 0 Å². The zero-order valence-corrected chi connectivity index (χ0v) is 2.86. The normalized spacial score (nSPS) is 6.50. The average molecular weight is 57.1 g/mol. The summed E-state index contributed by atoms with van der Waals surface area (Å²) in [6.45, 7) is 3.36. The summed E-state index contributed by atoms with van der Waals surface area (Å²) in [7, 11) is 5.14. The first-order valence-electron chi connectivity index (χ1n) is 1.08. The van der Waals surface area contributed by atoms with Crippen molar-refractivity contribution in [3.05, 3.63) is 7.05 Å². The van der Waals surface area contributed by atoms with E-state index in [-0.39, 0.29) is 0 Å². The van der Waals surface area contributed by atoms with Gasteiger partial charge in [0.25, 0.3) is 0 Å². The van der Waals surface area contributed by atoms with Crippen LogP contribution in [0.15, 0.2) is 0 Å². The Bertz CT molecular complexity index is 26.3. The largest absolute Gasteiger partial charge is 0.238 e. The summed E-state index contributed by atoms with van der Waals surface area (Å²) in [6.07, 6.45) is 0. The topological polar surface area (TPSA) is 3.01 Å². The molecular formula is C3H7N+. The van der Waals surface area contributed by atoms with Crippen molar-refractivity contribution in [3.8, 4) is 0 Å². The highest BCUT2D eigenvalue weighted by Gasteiger charge is 1.55. The molecule has 0 aromatic carbocycles. The monoisotopic (exact) mass is 57.1 g/mol. The van der Waals surface area contributed by atoms with Gasteiger partial charge < -0.3 is 0 Å². The van der Waals surface area contributed by atoms with Gasteiger partial charge in [-0.25, -0.2) is 4.58 Å². The second kappa shape index (κ2) is 1.04. The molecule has 0 spiro atoms. The Balaban J connectivity index is 2.80. The third-order valence-electron chi connectivity index (χ3n) is 0. The van der Waals surface area contributed by atoms with E-state index in [1.807, 2.05) is 0 Å². The number of hydrogen-bond donors (Lipinski definition) is 0. The van der Waals surface area contributed by atoms with Gasteiger partial charge in [0.05, 0.1) is 0 Å². The Morgan fingerprint density at radius 1 is 1.75 bits per heavy atom. The fourth-order valence-corrected chi connectivity index (χ4v) is 0. The molecule has 0 saturated heterocycles. The van der Waals surface area contributed by atoms with Crippen LogP contribution in [0.3, 0.4) is 0 Å². The average Bonchev–Trinajstić information content (AvgIpc) is 0.811. The van der Waals surface area contributed by atoms with E-state index in [9.17, 15) is 0 Å². The molecule has 1 radical (unpaired) electrons. The van der Waals surface area contributed by atoms with Crippen LogP contribution in [-0.4, -0.2) is 18.3 Å². The molecule has 0 aliphatic heterocycles. The SMILES string of the molecule is [CH2][N+](=C)C. The van der Waals surface area contributed by atoms with Crippen molar-refractivity contribution in [1.82, 2.24) is 0 Å². The molecule has 0 aromatic heterocycles. The molecule has 0 atom stereocenters. The van der Waals surface area contributed by atoms with Crippen LogP contribution in [0.25, 0.3) is 0 Å². The maximum Gasteiger partial charge on any atom is 0.199 e. The van der Waals surface area contributed by atoms with Crippen molar-refractivity contribution >= 4 is 6.72 Å². The lowest BCUT2D eigenvalue weighted by molar-refractivity contribution is -0.420. The van der Waals surface area contributed by atoms with Crippen LogP contribution in [0.5, 0.6) is 0 Å². The minimum atomic E-state index is 1.50. The summed E-state index contributed by atoms with van der Waals surface area (Å²) in [4.78, 5) is 0. The molecule has 1 heteroatoms. The van der Waals surface area contributed by atoms with E-state index >= 15 is 0 Å². The van der Waals surface area contributed by atoms with Crippen molar-refractivity contribution < 1.29 is 4.58 Å². The van der Waals surface area contributed by atoms with E-state index < -0.39 is 0 Å². The Hall–Kier alpha value is -0.330. The minimum absolute atomic E-state index is 1.50. The van der Waals surface area contributed by atoms with E-state index in [1.54, 1.807) is 7.05 Å². The summed E-state index contributed by atoms with van der Waals surface area (Å²) in [6, 6.07) is 0. The van der Waals surface area contributed by atoms with Gasteiger partial charge in [0.2, 0.25) is 0 Å². The van der Waals surface area contributed by atoms with Gasteiger partial charge in [0.15, 0.2) is 7.05 Å². The molecule has 0 N–H and O–H groups in total. The Morgan fingerprint density at radius 2 is 1.75 bits per heavy atom. The van der Waals surface area contributed by atoms with Crippen LogP contribution < -0.4 is 0 Å². The van der Waals surface area contributed by atoms with Gasteiger partial charge in [-0.05, 0) is 0 Å². The number of rotatable bonds is 0. The molecule has 4 heavy (non-hydrogen) atoms. The van der Waals surface area contributed by atoms with Crippen molar-refractivity contribution in [2.24, 2.45) is 0 Å². The quantitative estimate of drug-likeness (QED) is 0.274. The molecular weight excluding hydrogens is 50.0 g/mol. The van der Waals surface area contributed by atoms with Crippen LogP contribution >= 0.6 is 0 Å². The highest BCUT2D eigenvalue weighted by Crippen LogP contribution is 1.37. The van der Waals surface area contributed by atoms with Gasteiger partial charge in [-0.1, -0.05) is 0 Å². The predicted molar refractivity (Wildman–Crippen MR) is 18.7 cm³/mol. The zero-order chi connectivity index (χ0) is 3.58. The maximum absolute atomic E-state index is 3.36. The van der Waals surface area contributed by atoms with Gasteiger partial charge in [0, 0.05) is 0 Å². The molecule has 0 aliphatic carbocycles. The van der Waals surface area contributed by atoms with Gasteiger partial charge in [-0.2, -0.15) is 0 Å². The summed E-state index contributed by atoms with van der Waals surface area (Å²) < 4.78 is 1.50. The van der Waals surface area contributed by atoms with E-state index in [1.165, 1.54) is 4.58 Å². The maximum atomic E-state index is 3.36. The van der Waals surface area contributed by atoms with Gasteiger partial charge >= 0.3 is 0 Å². The molecule has 0 rings (SSSR count). The summed E-state index contributed by atoms with van der Waals surface area (Å²) in [5.74, 6) is 0. The molecule has 0 fully saturated rings. The van der Waals surface area contributed by atoms with Crippen molar-refractivity contribution in [1.29, 1.82) is 0 Å². The Morgan fingerprint density at radius 3 is 1.75 bits per heavy atom. The third kappa shape index (κ3) is 6.88. The Kier molecular flexibility index (Phi) is 0.958. The molecule has 0 aromatic rings. The number of nitrogens with zero attached hydrogens (tertiary/aromatic N) is 1. The molecule has 0 amide bonds. The lowest BCUT2D eigenvalue weighted by atomic mass is 11.1. The molecule has 1 nitrogen and oxygen atoms in total. The Labute approximate surface area is 26.6 Å². The van der Waals surface area contributed by atoms with Gasteiger partial charge in [0.1, 0.15) is 13.8 Å². The molecule has 0 aliphatic rings. The summed E-state index contributed by atoms with van der Waals surface area (Å²) in [5, 5.41) is 0. The smallest absolute Gasteiger partial charge is 0.199 e. The van der Waals surface area contributed by atoms with Crippen LogP contribution in [0.2, 0.25) is 0 Å². The highest BCUT2D eigenvalue weighted by atomic mass is 14.9. The van der Waals surface area contributed by atoms with E-state index in [2.05, 4.69) is 13.8 Å². The van der Waals surface area contributed by atoms with E-state index in [4.69, 9.17) is 0 Å². The zero-order valence-electron chi connectivity index (χ0n) is 2.86. The molecule has 0 saturated carbocycles. The van der Waals surface area contributed by atoms with Crippen LogP contribution in [0.1, 0.15) is 0 Å². The molecule has 0 heterocycles. The molecule has 23 valence electrons. The van der Waals surface area contributed by atoms with Crippen molar-refractivity contribution in [2.75, 3.05) is 7.05 Å². The first-order chi connectivity index (χ1) is 1.73. The van der Waals surface area contributed by atoms with Crippen molar-refractivity contribution in [2.45, 2.75) is 0 Å². The van der Waals surface area contributed by atoms with Gasteiger partial charge in [-0.3, -0.25) is 0 Å². The standard InChI is InChI=1S/C3H7N/c1-4(2)3/h1-2H2,3H3/q+1. The van der Waals surface area contributed by atoms with Crippen LogP contribution in [0, 0.1) is 7.05 Å². The minimum Gasteiger partial charge on any atom is -0.238 e. The summed E-state index contributed by atoms with van der Waals surface area (Å²) >= 11 is 0. The molecule has 0 bridgehead atoms. The first-order valence-corrected chi connectivity index (χ1v) is 1.08. The lowest BCUT2D eigenvalue weighted by Crippen LogP contribution is -1.81. The fraction of sp³-hybridized carbons (Fsp3) is 0.333. The summed E-state index contributed by atoms with van der Waals surface area (Å²) in [5.41, 5.74) is 0. The second-order valence-electron chi connectivity index (χ2n) is 0.856. The van der Waals surface area contributed by atoms with Crippen LogP contribution in [0.4, 0.5) is 0 Å². The molecule has 0 unspecified atom stereocenters. The first kappa shape index (κ1) is 3.67. The van der Waals surface area contributed by atoms with E-state index in [0.717, 1.165) is 0 Å².